The van der Waals surface area contributed by atoms with Crippen molar-refractivity contribution in [3.05, 3.63) is 39.9 Å². The van der Waals surface area contributed by atoms with Crippen LogP contribution in [0.4, 0.5) is 5.69 Å². The minimum Gasteiger partial charge on any atom is -0.314 e. The second-order valence-corrected chi connectivity index (χ2v) is 5.60. The van der Waals surface area contributed by atoms with Crippen molar-refractivity contribution in [2.75, 3.05) is 6.54 Å². The van der Waals surface area contributed by atoms with Crippen LogP contribution in [0.3, 0.4) is 0 Å². The van der Waals surface area contributed by atoms with Crippen LogP contribution in [-0.4, -0.2) is 17.5 Å². The number of hydrogen-bond acceptors (Lipinski definition) is 3. The third-order valence-corrected chi connectivity index (χ3v) is 4.09. The minimum absolute atomic E-state index is 0.164. The normalized spacial score (nSPS) is 13.9. The molecule has 0 spiro atoms. The van der Waals surface area contributed by atoms with Crippen molar-refractivity contribution in [3.63, 3.8) is 0 Å². The molecule has 1 aromatic carbocycles. The lowest BCUT2D eigenvalue weighted by atomic mass is 9.87. The lowest BCUT2D eigenvalue weighted by molar-refractivity contribution is -0.384. The minimum atomic E-state index is -0.346. The van der Waals surface area contributed by atoms with E-state index in [-0.39, 0.29) is 10.6 Å². The SMILES string of the molecule is CCCCC(CC)C(Cc1ccc([N+](=O)[O-])cc1)NCC. The number of likely N-dealkylation sites (N-methyl/N-ethyl adjacent to an activating group) is 1. The molecule has 0 aromatic heterocycles. The number of non-ortho nitro benzene ring substituents is 1. The lowest BCUT2D eigenvalue weighted by Crippen LogP contribution is -2.37. The molecule has 2 atom stereocenters. The monoisotopic (exact) mass is 292 g/mol. The molecular weight excluding hydrogens is 264 g/mol. The highest BCUT2D eigenvalue weighted by Crippen LogP contribution is 2.21. The lowest BCUT2D eigenvalue weighted by Gasteiger charge is -2.27. The Labute approximate surface area is 128 Å². The maximum Gasteiger partial charge on any atom is 0.269 e. The average Bonchev–Trinajstić information content (AvgIpc) is 2.48. The molecule has 0 heterocycles. The number of nitrogens with one attached hydrogen (secondary N) is 1. The van der Waals surface area contributed by atoms with E-state index < -0.39 is 0 Å². The number of hydrogen-bond donors (Lipinski definition) is 1. The van der Waals surface area contributed by atoms with Gasteiger partial charge in [0.05, 0.1) is 4.92 Å². The zero-order valence-electron chi connectivity index (χ0n) is 13.5. The van der Waals surface area contributed by atoms with Crippen LogP contribution in [0.2, 0.25) is 0 Å². The third kappa shape index (κ3) is 5.84. The van der Waals surface area contributed by atoms with Crippen molar-refractivity contribution < 1.29 is 4.92 Å². The van der Waals surface area contributed by atoms with Crippen molar-refractivity contribution in [2.45, 2.75) is 58.9 Å². The smallest absolute Gasteiger partial charge is 0.269 e. The third-order valence-electron chi connectivity index (χ3n) is 4.09. The summed E-state index contributed by atoms with van der Waals surface area (Å²) in [7, 11) is 0. The number of benzene rings is 1. The van der Waals surface area contributed by atoms with Crippen LogP contribution in [0.15, 0.2) is 24.3 Å². The van der Waals surface area contributed by atoms with E-state index in [0.29, 0.717) is 12.0 Å². The van der Waals surface area contributed by atoms with Gasteiger partial charge in [-0.15, -0.1) is 0 Å². The predicted molar refractivity (Wildman–Crippen MR) is 87.6 cm³/mol. The van der Waals surface area contributed by atoms with E-state index in [9.17, 15) is 10.1 Å². The Hall–Kier alpha value is -1.42. The summed E-state index contributed by atoms with van der Waals surface area (Å²) in [5.74, 6) is 0.667. The molecule has 118 valence electrons. The summed E-state index contributed by atoms with van der Waals surface area (Å²) >= 11 is 0. The van der Waals surface area contributed by atoms with Gasteiger partial charge in [0.25, 0.3) is 5.69 Å². The van der Waals surface area contributed by atoms with Crippen LogP contribution in [-0.2, 0) is 6.42 Å². The van der Waals surface area contributed by atoms with E-state index in [4.69, 9.17) is 0 Å². The molecule has 4 heteroatoms. The topological polar surface area (TPSA) is 55.2 Å². The molecule has 0 aliphatic heterocycles. The zero-order valence-corrected chi connectivity index (χ0v) is 13.5. The molecule has 1 N–H and O–H groups in total. The maximum absolute atomic E-state index is 10.7. The number of unbranched alkanes of at least 4 members (excludes halogenated alkanes) is 1. The Bertz CT molecular complexity index is 417. The summed E-state index contributed by atoms with van der Waals surface area (Å²) in [5.41, 5.74) is 1.33. The Balaban J connectivity index is 2.73. The van der Waals surface area contributed by atoms with Gasteiger partial charge in [-0.1, -0.05) is 52.2 Å². The molecule has 0 aliphatic rings. The van der Waals surface area contributed by atoms with E-state index in [0.717, 1.165) is 13.0 Å². The Kier molecular flexibility index (Phi) is 7.98. The molecule has 0 radical (unpaired) electrons. The molecule has 0 aliphatic carbocycles. The van der Waals surface area contributed by atoms with Gasteiger partial charge in [-0.25, -0.2) is 0 Å². The fraction of sp³-hybridized carbons (Fsp3) is 0.647. The van der Waals surface area contributed by atoms with Gasteiger partial charge in [-0.05, 0) is 30.9 Å². The predicted octanol–water partition coefficient (Wildman–Crippen LogP) is 4.33. The zero-order chi connectivity index (χ0) is 15.7. The molecule has 0 amide bonds. The summed E-state index contributed by atoms with van der Waals surface area (Å²) < 4.78 is 0. The summed E-state index contributed by atoms with van der Waals surface area (Å²) in [6.07, 6.45) is 5.85. The molecule has 1 aromatic rings. The van der Waals surface area contributed by atoms with Gasteiger partial charge < -0.3 is 5.32 Å². The van der Waals surface area contributed by atoms with Crippen molar-refractivity contribution in [1.82, 2.24) is 5.32 Å². The van der Waals surface area contributed by atoms with Crippen molar-refractivity contribution in [2.24, 2.45) is 5.92 Å². The van der Waals surface area contributed by atoms with Crippen LogP contribution in [0.25, 0.3) is 0 Å². The fourth-order valence-electron chi connectivity index (χ4n) is 2.83. The molecule has 1 rings (SSSR count). The first kappa shape index (κ1) is 17.6. The molecule has 0 saturated heterocycles. The molecule has 0 fully saturated rings. The largest absolute Gasteiger partial charge is 0.314 e. The van der Waals surface area contributed by atoms with Gasteiger partial charge in [0.2, 0.25) is 0 Å². The van der Waals surface area contributed by atoms with Gasteiger partial charge in [0, 0.05) is 18.2 Å². The molecule has 0 saturated carbocycles. The summed E-state index contributed by atoms with van der Waals surface area (Å²) in [4.78, 5) is 10.4. The van der Waals surface area contributed by atoms with E-state index in [1.54, 1.807) is 12.1 Å². The molecule has 2 unspecified atom stereocenters. The maximum atomic E-state index is 10.7. The Morgan fingerprint density at radius 3 is 2.33 bits per heavy atom. The second kappa shape index (κ2) is 9.50. The first-order chi connectivity index (χ1) is 10.1. The van der Waals surface area contributed by atoms with Crippen molar-refractivity contribution in [3.8, 4) is 0 Å². The molecular formula is C17H28N2O2. The van der Waals surface area contributed by atoms with Crippen molar-refractivity contribution >= 4 is 5.69 Å². The van der Waals surface area contributed by atoms with E-state index in [2.05, 4.69) is 26.1 Å². The van der Waals surface area contributed by atoms with E-state index in [1.165, 1.54) is 31.2 Å². The van der Waals surface area contributed by atoms with Gasteiger partial charge in [-0.2, -0.15) is 0 Å². The quantitative estimate of drug-likeness (QED) is 0.516. The first-order valence-corrected chi connectivity index (χ1v) is 8.09. The number of nitro groups is 1. The second-order valence-electron chi connectivity index (χ2n) is 5.60. The van der Waals surface area contributed by atoms with Gasteiger partial charge in [-0.3, -0.25) is 10.1 Å². The first-order valence-electron chi connectivity index (χ1n) is 8.09. The van der Waals surface area contributed by atoms with Crippen LogP contribution >= 0.6 is 0 Å². The van der Waals surface area contributed by atoms with Crippen molar-refractivity contribution in [1.29, 1.82) is 0 Å². The Morgan fingerprint density at radius 2 is 1.86 bits per heavy atom. The van der Waals surface area contributed by atoms with Gasteiger partial charge >= 0.3 is 0 Å². The standard InChI is InChI=1S/C17H28N2O2/c1-4-7-8-15(5-2)17(18-6-3)13-14-9-11-16(12-10-14)19(20)21/h9-12,15,17-18H,4-8,13H2,1-3H3. The molecule has 0 bridgehead atoms. The molecule has 21 heavy (non-hydrogen) atoms. The van der Waals surface area contributed by atoms with E-state index >= 15 is 0 Å². The average molecular weight is 292 g/mol. The van der Waals surface area contributed by atoms with Crippen LogP contribution in [0.5, 0.6) is 0 Å². The highest BCUT2D eigenvalue weighted by atomic mass is 16.6. The van der Waals surface area contributed by atoms with Crippen LogP contribution in [0.1, 0.15) is 52.0 Å². The van der Waals surface area contributed by atoms with Gasteiger partial charge in [0.15, 0.2) is 0 Å². The number of nitrogens with zero attached hydrogens (tertiary/aromatic N) is 1. The summed E-state index contributed by atoms with van der Waals surface area (Å²) in [6, 6.07) is 7.42. The van der Waals surface area contributed by atoms with Crippen LogP contribution < -0.4 is 5.32 Å². The highest BCUT2D eigenvalue weighted by Gasteiger charge is 2.19. The highest BCUT2D eigenvalue weighted by molar-refractivity contribution is 5.33. The van der Waals surface area contributed by atoms with Crippen LogP contribution in [0, 0.1) is 16.0 Å². The van der Waals surface area contributed by atoms with E-state index in [1.807, 2.05) is 12.1 Å². The summed E-state index contributed by atoms with van der Waals surface area (Å²) in [6.45, 7) is 7.57. The fourth-order valence-corrected chi connectivity index (χ4v) is 2.83. The molecule has 4 nitrogen and oxygen atoms in total. The summed E-state index contributed by atoms with van der Waals surface area (Å²) in [5, 5.41) is 14.3. The Morgan fingerprint density at radius 1 is 1.19 bits per heavy atom. The van der Waals surface area contributed by atoms with Gasteiger partial charge in [0.1, 0.15) is 0 Å². The number of rotatable bonds is 10. The number of nitro benzene ring substituents is 1.